The zero-order valence-electron chi connectivity index (χ0n) is 15.0. The predicted octanol–water partition coefficient (Wildman–Crippen LogP) is 2.81. The van der Waals surface area contributed by atoms with E-state index in [1.807, 2.05) is 6.07 Å². The second-order valence-corrected chi connectivity index (χ2v) is 7.31. The maximum absolute atomic E-state index is 14.0. The van der Waals surface area contributed by atoms with Crippen molar-refractivity contribution in [1.29, 1.82) is 0 Å². The van der Waals surface area contributed by atoms with Gasteiger partial charge in [0.15, 0.2) is 5.43 Å². The lowest BCUT2D eigenvalue weighted by Crippen LogP contribution is -2.34. The molecule has 6 heteroatoms. The molecule has 5 nitrogen and oxygen atoms in total. The Morgan fingerprint density at radius 1 is 1.11 bits per heavy atom. The molecule has 1 aromatic carbocycles. The normalized spacial score (nSPS) is 16.0. The Hall–Kier alpha value is -2.73. The van der Waals surface area contributed by atoms with Crippen LogP contribution in [0, 0.1) is 11.7 Å². The molecule has 0 spiro atoms. The lowest BCUT2D eigenvalue weighted by Gasteiger charge is -2.32. The summed E-state index contributed by atoms with van der Waals surface area (Å²) in [4.78, 5) is 31.5. The van der Waals surface area contributed by atoms with Gasteiger partial charge in [0, 0.05) is 36.0 Å². The third-order valence-corrected chi connectivity index (χ3v) is 5.34. The van der Waals surface area contributed by atoms with E-state index in [0.29, 0.717) is 17.8 Å². The maximum Gasteiger partial charge on any atom is 0.247 e. The fraction of sp³-hybridized carbons (Fsp3) is 0.333. The number of pyridine rings is 2. The Kier molecular flexibility index (Phi) is 4.90. The van der Waals surface area contributed by atoms with Gasteiger partial charge in [0.2, 0.25) is 5.56 Å². The van der Waals surface area contributed by atoms with Gasteiger partial charge in [0.1, 0.15) is 5.82 Å². The number of nitrogens with one attached hydrogen (secondary N) is 2. The van der Waals surface area contributed by atoms with Crippen molar-refractivity contribution >= 4 is 10.9 Å². The minimum atomic E-state index is -0.397. The van der Waals surface area contributed by atoms with E-state index in [9.17, 15) is 14.0 Å². The van der Waals surface area contributed by atoms with Crippen molar-refractivity contribution in [3.8, 4) is 0 Å². The van der Waals surface area contributed by atoms with Gasteiger partial charge < -0.3 is 9.97 Å². The molecule has 0 unspecified atom stereocenters. The van der Waals surface area contributed by atoms with Gasteiger partial charge in [-0.2, -0.15) is 0 Å². The molecule has 1 aliphatic rings. The number of halogens is 1. The SMILES string of the molecule is O=c1ccc(CC2CCN(Cc3cc(=O)c4cccc(F)c4[nH]3)CC2)c[nH]1. The fourth-order valence-electron chi connectivity index (χ4n) is 3.87. The molecule has 0 bridgehead atoms. The Morgan fingerprint density at radius 2 is 1.93 bits per heavy atom. The minimum absolute atomic E-state index is 0.0746. The minimum Gasteiger partial charge on any atom is -0.355 e. The quantitative estimate of drug-likeness (QED) is 0.745. The van der Waals surface area contributed by atoms with Crippen LogP contribution in [-0.2, 0) is 13.0 Å². The van der Waals surface area contributed by atoms with E-state index in [0.717, 1.165) is 43.6 Å². The van der Waals surface area contributed by atoms with E-state index >= 15 is 0 Å². The molecule has 2 N–H and O–H groups in total. The summed E-state index contributed by atoms with van der Waals surface area (Å²) >= 11 is 0. The molecule has 1 fully saturated rings. The van der Waals surface area contributed by atoms with Crippen molar-refractivity contribution < 1.29 is 4.39 Å². The Labute approximate surface area is 155 Å². The van der Waals surface area contributed by atoms with Gasteiger partial charge in [-0.05, 0) is 56.0 Å². The van der Waals surface area contributed by atoms with Gasteiger partial charge in [0.25, 0.3) is 0 Å². The number of aromatic amines is 2. The Bertz CT molecular complexity index is 1040. The first-order valence-electron chi connectivity index (χ1n) is 9.29. The van der Waals surface area contributed by atoms with Crippen molar-refractivity contribution in [2.75, 3.05) is 13.1 Å². The molecule has 0 atom stereocenters. The largest absolute Gasteiger partial charge is 0.355 e. The zero-order chi connectivity index (χ0) is 18.8. The van der Waals surface area contributed by atoms with E-state index in [4.69, 9.17) is 0 Å². The van der Waals surface area contributed by atoms with Gasteiger partial charge in [-0.1, -0.05) is 12.1 Å². The average Bonchev–Trinajstić information content (AvgIpc) is 2.66. The second kappa shape index (κ2) is 7.48. The summed E-state index contributed by atoms with van der Waals surface area (Å²) in [5.74, 6) is 0.186. The van der Waals surface area contributed by atoms with Crippen LogP contribution in [0.25, 0.3) is 10.9 Å². The lowest BCUT2D eigenvalue weighted by molar-refractivity contribution is 0.175. The molecule has 3 heterocycles. The third-order valence-electron chi connectivity index (χ3n) is 5.34. The molecular weight excluding hydrogens is 345 g/mol. The maximum atomic E-state index is 14.0. The van der Waals surface area contributed by atoms with Crippen LogP contribution in [0.2, 0.25) is 0 Å². The molecule has 0 radical (unpaired) electrons. The highest BCUT2D eigenvalue weighted by atomic mass is 19.1. The predicted molar refractivity (Wildman–Crippen MR) is 103 cm³/mol. The first kappa shape index (κ1) is 17.7. The summed E-state index contributed by atoms with van der Waals surface area (Å²) in [7, 11) is 0. The number of likely N-dealkylation sites (tertiary alicyclic amines) is 1. The topological polar surface area (TPSA) is 69.0 Å². The van der Waals surface area contributed by atoms with Crippen LogP contribution >= 0.6 is 0 Å². The first-order chi connectivity index (χ1) is 13.1. The molecule has 0 saturated carbocycles. The summed E-state index contributed by atoms with van der Waals surface area (Å²) in [6.07, 6.45) is 4.88. The van der Waals surface area contributed by atoms with Crippen molar-refractivity contribution in [2.45, 2.75) is 25.8 Å². The van der Waals surface area contributed by atoms with Gasteiger partial charge in [-0.15, -0.1) is 0 Å². The van der Waals surface area contributed by atoms with Crippen molar-refractivity contribution in [3.05, 3.63) is 80.2 Å². The first-order valence-corrected chi connectivity index (χ1v) is 9.29. The fourth-order valence-corrected chi connectivity index (χ4v) is 3.87. The van der Waals surface area contributed by atoms with Gasteiger partial charge in [0.05, 0.1) is 5.52 Å². The molecule has 0 aliphatic carbocycles. The van der Waals surface area contributed by atoms with Gasteiger partial charge in [-0.3, -0.25) is 14.5 Å². The molecule has 2 aromatic heterocycles. The van der Waals surface area contributed by atoms with Crippen LogP contribution in [0.1, 0.15) is 24.1 Å². The molecule has 0 amide bonds. The van der Waals surface area contributed by atoms with Gasteiger partial charge in [-0.25, -0.2) is 4.39 Å². The van der Waals surface area contributed by atoms with Crippen LogP contribution in [0.5, 0.6) is 0 Å². The monoisotopic (exact) mass is 367 g/mol. The van der Waals surface area contributed by atoms with Crippen LogP contribution in [0.3, 0.4) is 0 Å². The number of piperidine rings is 1. The van der Waals surface area contributed by atoms with Crippen LogP contribution in [0.4, 0.5) is 4.39 Å². The summed E-state index contributed by atoms with van der Waals surface area (Å²) < 4.78 is 14.0. The van der Waals surface area contributed by atoms with Crippen LogP contribution in [0.15, 0.2) is 52.2 Å². The van der Waals surface area contributed by atoms with Crippen molar-refractivity contribution in [1.82, 2.24) is 14.9 Å². The molecule has 27 heavy (non-hydrogen) atoms. The smallest absolute Gasteiger partial charge is 0.247 e. The number of nitrogens with zero attached hydrogens (tertiary/aromatic N) is 1. The van der Waals surface area contributed by atoms with Crippen molar-refractivity contribution in [3.63, 3.8) is 0 Å². The number of hydrogen-bond acceptors (Lipinski definition) is 3. The third kappa shape index (κ3) is 4.01. The summed E-state index contributed by atoms with van der Waals surface area (Å²) in [6, 6.07) is 9.60. The van der Waals surface area contributed by atoms with E-state index in [2.05, 4.69) is 14.9 Å². The highest BCUT2D eigenvalue weighted by Gasteiger charge is 2.20. The molecule has 3 aromatic rings. The number of fused-ring (bicyclic) bond motifs is 1. The van der Waals surface area contributed by atoms with E-state index in [1.54, 1.807) is 30.5 Å². The highest BCUT2D eigenvalue weighted by molar-refractivity contribution is 5.78. The summed E-state index contributed by atoms with van der Waals surface area (Å²) in [6.45, 7) is 2.49. The standard InChI is InChI=1S/C21H22FN3O2/c22-18-3-1-2-17-19(26)11-16(24-21(17)18)13-25-8-6-14(7-9-25)10-15-4-5-20(27)23-12-15/h1-5,11-12,14H,6-10,13H2,(H,23,27)(H,24,26). The van der Waals surface area contributed by atoms with Crippen LogP contribution in [-0.4, -0.2) is 28.0 Å². The lowest BCUT2D eigenvalue weighted by atomic mass is 9.90. The Morgan fingerprint density at radius 3 is 2.67 bits per heavy atom. The number of rotatable bonds is 4. The average molecular weight is 367 g/mol. The Balaban J connectivity index is 1.40. The molecular formula is C21H22FN3O2. The molecule has 4 rings (SSSR count). The number of H-pyrrole nitrogens is 2. The number of para-hydroxylation sites is 1. The summed E-state index contributed by atoms with van der Waals surface area (Å²) in [5, 5.41) is 0.387. The second-order valence-electron chi connectivity index (χ2n) is 7.31. The highest BCUT2D eigenvalue weighted by Crippen LogP contribution is 2.22. The molecule has 140 valence electrons. The van der Waals surface area contributed by atoms with Crippen molar-refractivity contribution in [2.24, 2.45) is 5.92 Å². The van der Waals surface area contributed by atoms with Gasteiger partial charge >= 0.3 is 0 Å². The van der Waals surface area contributed by atoms with E-state index < -0.39 is 5.82 Å². The van der Waals surface area contributed by atoms with Crippen LogP contribution < -0.4 is 11.0 Å². The van der Waals surface area contributed by atoms with E-state index in [1.165, 1.54) is 6.07 Å². The number of hydrogen-bond donors (Lipinski definition) is 2. The molecule has 1 aliphatic heterocycles. The number of aromatic nitrogens is 2. The summed E-state index contributed by atoms with van der Waals surface area (Å²) in [5.41, 5.74) is 1.97. The number of benzene rings is 1. The zero-order valence-corrected chi connectivity index (χ0v) is 15.0. The van der Waals surface area contributed by atoms with E-state index in [-0.39, 0.29) is 16.5 Å². The molecule has 1 saturated heterocycles.